The van der Waals surface area contributed by atoms with Crippen LogP contribution in [-0.2, 0) is 21.1 Å². The average molecular weight is 266 g/mol. The molecule has 0 amide bonds. The van der Waals surface area contributed by atoms with Crippen molar-refractivity contribution in [3.63, 3.8) is 0 Å². The molecule has 0 bridgehead atoms. The van der Waals surface area contributed by atoms with Crippen molar-refractivity contribution < 1.29 is 9.59 Å². The molecule has 0 aliphatic carbocycles. The lowest BCUT2D eigenvalue weighted by atomic mass is 10.1. The molecule has 1 aromatic rings. The van der Waals surface area contributed by atoms with E-state index in [1.54, 1.807) is 0 Å². The van der Waals surface area contributed by atoms with Crippen LogP contribution in [0.5, 0.6) is 0 Å². The van der Waals surface area contributed by atoms with Gasteiger partial charge < -0.3 is 0 Å². The zero-order chi connectivity index (χ0) is 12.5. The van der Waals surface area contributed by atoms with Crippen LogP contribution < -0.4 is 0 Å². The molecule has 0 aromatic heterocycles. The molecule has 0 N–H and O–H groups in total. The molecule has 0 spiro atoms. The van der Waals surface area contributed by atoms with E-state index in [-0.39, 0.29) is 0 Å². The zero-order valence-corrected chi connectivity index (χ0v) is 10.8. The van der Waals surface area contributed by atoms with Crippen molar-refractivity contribution in [2.75, 3.05) is 0 Å². The number of hydrogen-bond acceptors (Lipinski definition) is 6. The molecule has 6 heteroatoms. The summed E-state index contributed by atoms with van der Waals surface area (Å²) in [5.74, 6) is 1.26. The summed E-state index contributed by atoms with van der Waals surface area (Å²) < 4.78 is 6.88. The number of hydrogen-bond donors (Lipinski definition) is 0. The molecule has 0 radical (unpaired) electrons. The number of carbonyl (C=O) groups excluding carboxylic acids is 2. The monoisotopic (exact) mass is 266 g/mol. The maximum Gasteiger partial charge on any atom is 0.247 e. The van der Waals surface area contributed by atoms with Crippen molar-refractivity contribution in [3.8, 4) is 0 Å². The second-order valence-electron chi connectivity index (χ2n) is 3.17. The molecule has 0 aliphatic heterocycles. The SMILES string of the molecule is Cc1ccc(CSN=C=O)cc1CSN=C=O. The summed E-state index contributed by atoms with van der Waals surface area (Å²) in [5, 5.41) is 0. The van der Waals surface area contributed by atoms with Gasteiger partial charge in [0.1, 0.15) is 0 Å². The molecule has 17 heavy (non-hydrogen) atoms. The van der Waals surface area contributed by atoms with Gasteiger partial charge in [-0.1, -0.05) is 18.2 Å². The number of aryl methyl sites for hydroxylation is 1. The smallest absolute Gasteiger partial charge is 0.210 e. The predicted octanol–water partition coefficient (Wildman–Crippen LogP) is 2.96. The second-order valence-corrected chi connectivity index (χ2v) is 4.63. The summed E-state index contributed by atoms with van der Waals surface area (Å²) in [5.41, 5.74) is 3.33. The van der Waals surface area contributed by atoms with Crippen LogP contribution in [0.1, 0.15) is 16.7 Å². The fraction of sp³-hybridized carbons (Fsp3) is 0.273. The Morgan fingerprint density at radius 3 is 2.41 bits per heavy atom. The van der Waals surface area contributed by atoms with Gasteiger partial charge in [0.2, 0.25) is 12.2 Å². The van der Waals surface area contributed by atoms with Crippen LogP contribution in [0.15, 0.2) is 27.0 Å². The molecule has 1 rings (SSSR count). The van der Waals surface area contributed by atoms with E-state index in [9.17, 15) is 9.59 Å². The van der Waals surface area contributed by atoms with Gasteiger partial charge in [-0.25, -0.2) is 9.59 Å². The lowest BCUT2D eigenvalue weighted by Crippen LogP contribution is -1.89. The van der Waals surface area contributed by atoms with E-state index in [0.717, 1.165) is 28.6 Å². The van der Waals surface area contributed by atoms with Crippen molar-refractivity contribution in [1.82, 2.24) is 0 Å². The van der Waals surface area contributed by atoms with Crippen molar-refractivity contribution in [3.05, 3.63) is 34.9 Å². The second kappa shape index (κ2) is 7.87. The first-order valence-electron chi connectivity index (χ1n) is 4.74. The predicted molar refractivity (Wildman–Crippen MR) is 70.0 cm³/mol. The molecule has 0 heterocycles. The van der Waals surface area contributed by atoms with Crippen molar-refractivity contribution in [1.29, 1.82) is 0 Å². The van der Waals surface area contributed by atoms with E-state index >= 15 is 0 Å². The third-order valence-corrected chi connectivity index (χ3v) is 3.38. The van der Waals surface area contributed by atoms with Gasteiger partial charge in [0.15, 0.2) is 0 Å². The fourth-order valence-electron chi connectivity index (χ4n) is 1.23. The van der Waals surface area contributed by atoms with Crippen molar-refractivity contribution in [2.24, 2.45) is 8.80 Å². The standard InChI is InChI=1S/C11H10N2O2S2/c1-9-2-3-10(5-16-12-7-14)4-11(9)6-17-13-8-15/h2-4H,5-6H2,1H3. The molecule has 1 aromatic carbocycles. The first kappa shape index (κ1) is 13.7. The van der Waals surface area contributed by atoms with Gasteiger partial charge in [0.05, 0.1) is 0 Å². The lowest BCUT2D eigenvalue weighted by Gasteiger charge is -2.05. The number of nitrogens with zero attached hydrogens (tertiary/aromatic N) is 2. The van der Waals surface area contributed by atoms with E-state index < -0.39 is 0 Å². The minimum absolute atomic E-state index is 0.629. The molecular formula is C11H10N2O2S2. The minimum atomic E-state index is 0.629. The Balaban J connectivity index is 2.71. The van der Waals surface area contributed by atoms with E-state index in [1.165, 1.54) is 24.1 Å². The number of isocyanates is 2. The molecular weight excluding hydrogens is 256 g/mol. The van der Waals surface area contributed by atoms with Crippen molar-refractivity contribution >= 4 is 36.1 Å². The van der Waals surface area contributed by atoms with Crippen LogP contribution in [0, 0.1) is 6.92 Å². The summed E-state index contributed by atoms with van der Waals surface area (Å²) in [7, 11) is 0. The first-order valence-corrected chi connectivity index (χ1v) is 6.63. The maximum absolute atomic E-state index is 9.96. The van der Waals surface area contributed by atoms with Gasteiger partial charge in [-0.2, -0.15) is 0 Å². The average Bonchev–Trinajstić information content (AvgIpc) is 2.33. The molecule has 4 nitrogen and oxygen atoms in total. The van der Waals surface area contributed by atoms with E-state index in [4.69, 9.17) is 0 Å². The Morgan fingerprint density at radius 2 is 1.76 bits per heavy atom. The Morgan fingerprint density at radius 1 is 1.12 bits per heavy atom. The van der Waals surface area contributed by atoms with Gasteiger partial charge in [-0.3, -0.25) is 0 Å². The maximum atomic E-state index is 9.96. The highest BCUT2D eigenvalue weighted by molar-refractivity contribution is 7.97. The van der Waals surface area contributed by atoms with E-state index in [1.807, 2.05) is 25.1 Å². The lowest BCUT2D eigenvalue weighted by molar-refractivity contribution is 0.565. The summed E-state index contributed by atoms with van der Waals surface area (Å²) in [6.07, 6.45) is 2.97. The highest BCUT2D eigenvalue weighted by Crippen LogP contribution is 2.21. The Kier molecular flexibility index (Phi) is 6.37. The van der Waals surface area contributed by atoms with Crippen molar-refractivity contribution in [2.45, 2.75) is 18.4 Å². The van der Waals surface area contributed by atoms with Crippen LogP contribution in [0.3, 0.4) is 0 Å². The summed E-state index contributed by atoms with van der Waals surface area (Å²) in [6, 6.07) is 6.01. The van der Waals surface area contributed by atoms with Gasteiger partial charge >= 0.3 is 0 Å². The first-order chi connectivity index (χ1) is 8.27. The normalized spacial score (nSPS) is 9.24. The molecule has 0 saturated carbocycles. The van der Waals surface area contributed by atoms with E-state index in [0.29, 0.717) is 11.5 Å². The van der Waals surface area contributed by atoms with Gasteiger partial charge in [0.25, 0.3) is 0 Å². The third kappa shape index (κ3) is 5.02. The molecule has 0 unspecified atom stereocenters. The Hall–Kier alpha value is -1.32. The molecule has 0 fully saturated rings. The zero-order valence-electron chi connectivity index (χ0n) is 9.17. The van der Waals surface area contributed by atoms with Gasteiger partial charge in [-0.15, -0.1) is 8.80 Å². The molecule has 0 atom stereocenters. The van der Waals surface area contributed by atoms with Crippen LogP contribution >= 0.6 is 23.9 Å². The minimum Gasteiger partial charge on any atom is -0.210 e. The molecule has 88 valence electrons. The molecule has 0 aliphatic rings. The topological polar surface area (TPSA) is 58.9 Å². The van der Waals surface area contributed by atoms with Gasteiger partial charge in [0, 0.05) is 11.5 Å². The van der Waals surface area contributed by atoms with Crippen LogP contribution in [0.4, 0.5) is 0 Å². The van der Waals surface area contributed by atoms with Crippen LogP contribution in [0.2, 0.25) is 0 Å². The number of benzene rings is 1. The summed E-state index contributed by atoms with van der Waals surface area (Å²) in [4.78, 5) is 19.9. The van der Waals surface area contributed by atoms with Gasteiger partial charge in [-0.05, 0) is 47.5 Å². The Labute approximate surface area is 108 Å². The summed E-state index contributed by atoms with van der Waals surface area (Å²) >= 11 is 2.32. The molecule has 0 saturated heterocycles. The highest BCUT2D eigenvalue weighted by atomic mass is 32.2. The number of rotatable bonds is 6. The van der Waals surface area contributed by atoms with E-state index in [2.05, 4.69) is 8.80 Å². The van der Waals surface area contributed by atoms with Crippen LogP contribution in [0.25, 0.3) is 0 Å². The quantitative estimate of drug-likeness (QED) is 0.451. The summed E-state index contributed by atoms with van der Waals surface area (Å²) in [6.45, 7) is 2.00. The largest absolute Gasteiger partial charge is 0.247 e. The fourth-order valence-corrected chi connectivity index (χ4v) is 2.24. The van der Waals surface area contributed by atoms with Crippen LogP contribution in [-0.4, -0.2) is 12.2 Å². The highest BCUT2D eigenvalue weighted by Gasteiger charge is 2.01. The third-order valence-electron chi connectivity index (χ3n) is 2.07. The Bertz CT molecular complexity index is 478.